The number of methoxy groups -OCH3 is 1. The Morgan fingerprint density at radius 3 is 2.59 bits per heavy atom. The lowest BCUT2D eigenvalue weighted by Crippen LogP contribution is -2.37. The van der Waals surface area contributed by atoms with E-state index in [4.69, 9.17) is 22.1 Å². The molecule has 3 aromatic rings. The highest BCUT2D eigenvalue weighted by atomic mass is 32.2. The van der Waals surface area contributed by atoms with Gasteiger partial charge < -0.3 is 4.74 Å². The number of benzene rings is 2. The number of carbonyl (C=O) groups is 1. The largest absolute Gasteiger partial charge is 0.383 e. The normalized spacial score (nSPS) is 18.4. The monoisotopic (exact) mass is 582 g/mol. The van der Waals surface area contributed by atoms with Crippen LogP contribution in [0.15, 0.2) is 70.6 Å². The first-order valence-corrected chi connectivity index (χ1v) is 15.4. The van der Waals surface area contributed by atoms with Crippen molar-refractivity contribution in [3.63, 3.8) is 0 Å². The van der Waals surface area contributed by atoms with Gasteiger partial charge in [0.15, 0.2) is 0 Å². The van der Waals surface area contributed by atoms with E-state index in [-0.39, 0.29) is 10.8 Å². The molecule has 2 aliphatic heterocycles. The van der Waals surface area contributed by atoms with Crippen LogP contribution in [0, 0.1) is 5.92 Å². The number of aromatic nitrogens is 2. The van der Waals surface area contributed by atoms with Crippen LogP contribution >= 0.6 is 24.0 Å². The average molecular weight is 583 g/mol. The van der Waals surface area contributed by atoms with Gasteiger partial charge in [-0.3, -0.25) is 9.69 Å². The second-order valence-electron chi connectivity index (χ2n) is 9.65. The van der Waals surface area contributed by atoms with Crippen molar-refractivity contribution in [1.82, 2.24) is 19.0 Å². The predicted molar refractivity (Wildman–Crippen MR) is 158 cm³/mol. The van der Waals surface area contributed by atoms with Crippen molar-refractivity contribution < 1.29 is 17.9 Å². The zero-order valence-electron chi connectivity index (χ0n) is 21.8. The summed E-state index contributed by atoms with van der Waals surface area (Å²) in [6, 6.07) is 16.5. The number of hydrogen-bond acceptors (Lipinski definition) is 7. The zero-order valence-corrected chi connectivity index (χ0v) is 24.3. The van der Waals surface area contributed by atoms with Crippen LogP contribution in [-0.4, -0.2) is 71.0 Å². The van der Waals surface area contributed by atoms with Crippen molar-refractivity contribution in [1.29, 1.82) is 0 Å². The van der Waals surface area contributed by atoms with E-state index in [2.05, 4.69) is 6.92 Å². The number of ether oxygens (including phenoxy) is 1. The molecular weight excluding hydrogens is 553 g/mol. The maximum absolute atomic E-state index is 13.5. The number of piperidine rings is 1. The van der Waals surface area contributed by atoms with E-state index >= 15 is 0 Å². The third-order valence-electron chi connectivity index (χ3n) is 6.93. The van der Waals surface area contributed by atoms with Gasteiger partial charge in [0.1, 0.15) is 10.0 Å². The summed E-state index contributed by atoms with van der Waals surface area (Å²) in [6.45, 7) is 3.96. The quantitative estimate of drug-likeness (QED) is 0.279. The Morgan fingerprint density at radius 2 is 1.87 bits per heavy atom. The highest BCUT2D eigenvalue weighted by Gasteiger charge is 2.32. The fourth-order valence-corrected chi connectivity index (χ4v) is 7.44. The Kier molecular flexibility index (Phi) is 8.34. The lowest BCUT2D eigenvalue weighted by molar-refractivity contribution is -0.122. The summed E-state index contributed by atoms with van der Waals surface area (Å²) in [5.74, 6) is 0.339. The van der Waals surface area contributed by atoms with Gasteiger partial charge in [0.25, 0.3) is 5.91 Å². The third kappa shape index (κ3) is 5.87. The van der Waals surface area contributed by atoms with E-state index in [1.165, 1.54) is 16.7 Å². The van der Waals surface area contributed by atoms with Gasteiger partial charge in [-0.25, -0.2) is 13.1 Å². The number of hydrogen-bond donors (Lipinski definition) is 0. The minimum absolute atomic E-state index is 0.184. The number of para-hydroxylation sites is 1. The maximum atomic E-state index is 13.5. The fraction of sp³-hybridized carbons (Fsp3) is 0.321. The molecule has 8 nitrogen and oxygen atoms in total. The van der Waals surface area contributed by atoms with Crippen molar-refractivity contribution in [2.24, 2.45) is 5.92 Å². The molecule has 2 saturated heterocycles. The van der Waals surface area contributed by atoms with Crippen LogP contribution in [0.25, 0.3) is 23.0 Å². The summed E-state index contributed by atoms with van der Waals surface area (Å²) in [5.41, 5.74) is 2.76. The first-order valence-electron chi connectivity index (χ1n) is 12.8. The molecule has 3 heterocycles. The van der Waals surface area contributed by atoms with Crippen LogP contribution in [0.2, 0.25) is 0 Å². The van der Waals surface area contributed by atoms with E-state index in [9.17, 15) is 13.2 Å². The van der Waals surface area contributed by atoms with Crippen LogP contribution < -0.4 is 0 Å². The molecule has 204 valence electrons. The molecule has 39 heavy (non-hydrogen) atoms. The second-order valence-corrected chi connectivity index (χ2v) is 13.3. The van der Waals surface area contributed by atoms with Gasteiger partial charge >= 0.3 is 0 Å². The zero-order chi connectivity index (χ0) is 27.6. The molecule has 5 rings (SSSR count). The number of amides is 1. The Hall–Kier alpha value is -2.83. The molecule has 0 unspecified atom stereocenters. The SMILES string of the molecule is COCCN1C(=O)/C(=C/c2cn(-c3ccccc3)nc2-c2cccc(S(=O)(=O)N3CCC(C)CC3)c2)SC1=S. The van der Waals surface area contributed by atoms with Gasteiger partial charge in [-0.05, 0) is 49.1 Å². The highest BCUT2D eigenvalue weighted by Crippen LogP contribution is 2.35. The minimum atomic E-state index is -3.64. The Labute approximate surface area is 238 Å². The molecule has 1 amide bonds. The number of nitrogens with zero attached hydrogens (tertiary/aromatic N) is 4. The molecule has 0 atom stereocenters. The number of thiocarbonyl (C=S) groups is 1. The van der Waals surface area contributed by atoms with Crippen molar-refractivity contribution in [2.45, 2.75) is 24.7 Å². The van der Waals surface area contributed by atoms with Gasteiger partial charge in [-0.15, -0.1) is 0 Å². The summed E-state index contributed by atoms with van der Waals surface area (Å²) >= 11 is 6.68. The first kappa shape index (κ1) is 27.7. The summed E-state index contributed by atoms with van der Waals surface area (Å²) < 4.78 is 35.9. The standard InChI is InChI=1S/C28H30N4O4S3/c1-20-11-13-30(14-12-20)39(34,35)24-10-6-7-21(17-24)26-22(19-32(29-26)23-8-4-3-5-9-23)18-25-27(33)31(15-16-36-2)28(37)38-25/h3-10,17-20H,11-16H2,1-2H3/b25-18-. The van der Waals surface area contributed by atoms with E-state index in [0.717, 1.165) is 18.5 Å². The minimum Gasteiger partial charge on any atom is -0.383 e. The van der Waals surface area contributed by atoms with Gasteiger partial charge in [-0.1, -0.05) is 61.2 Å². The molecule has 11 heteroatoms. The van der Waals surface area contributed by atoms with E-state index in [1.807, 2.05) is 42.6 Å². The number of thioether (sulfide) groups is 1. The van der Waals surface area contributed by atoms with Crippen LogP contribution in [-0.2, 0) is 19.6 Å². The van der Waals surface area contributed by atoms with Crippen molar-refractivity contribution in [2.75, 3.05) is 33.4 Å². The lowest BCUT2D eigenvalue weighted by atomic mass is 10.0. The van der Waals surface area contributed by atoms with Crippen LogP contribution in [0.4, 0.5) is 0 Å². The molecule has 0 bridgehead atoms. The van der Waals surface area contributed by atoms with Crippen molar-refractivity contribution in [3.05, 3.63) is 71.3 Å². The highest BCUT2D eigenvalue weighted by molar-refractivity contribution is 8.26. The lowest BCUT2D eigenvalue weighted by Gasteiger charge is -2.29. The van der Waals surface area contributed by atoms with E-state index < -0.39 is 10.0 Å². The van der Waals surface area contributed by atoms with Crippen LogP contribution in [0.3, 0.4) is 0 Å². The third-order valence-corrected chi connectivity index (χ3v) is 10.2. The van der Waals surface area contributed by atoms with Crippen LogP contribution in [0.1, 0.15) is 25.3 Å². The molecule has 0 N–H and O–H groups in total. The molecule has 2 aromatic carbocycles. The fourth-order valence-electron chi connectivity index (χ4n) is 4.63. The molecule has 0 aliphatic carbocycles. The number of rotatable bonds is 8. The molecule has 1 aromatic heterocycles. The van der Waals surface area contributed by atoms with Gasteiger partial charge in [0.2, 0.25) is 10.0 Å². The van der Waals surface area contributed by atoms with Crippen molar-refractivity contribution in [3.8, 4) is 16.9 Å². The molecule has 2 aliphatic rings. The summed E-state index contributed by atoms with van der Waals surface area (Å²) in [5, 5.41) is 4.83. The topological polar surface area (TPSA) is 84.7 Å². The summed E-state index contributed by atoms with van der Waals surface area (Å²) in [4.78, 5) is 15.4. The van der Waals surface area contributed by atoms with Gasteiger partial charge in [-0.2, -0.15) is 9.40 Å². The molecule has 0 radical (unpaired) electrons. The number of sulfonamides is 1. The van der Waals surface area contributed by atoms with E-state index in [0.29, 0.717) is 58.2 Å². The first-order chi connectivity index (χ1) is 18.8. The predicted octanol–water partition coefficient (Wildman–Crippen LogP) is 4.81. The average Bonchev–Trinajstić information content (AvgIpc) is 3.48. The number of carbonyl (C=O) groups excluding carboxylic acids is 1. The molecule has 2 fully saturated rings. The smallest absolute Gasteiger partial charge is 0.266 e. The molecular formula is C28H30N4O4S3. The summed E-state index contributed by atoms with van der Waals surface area (Å²) in [7, 11) is -2.06. The molecule has 0 spiro atoms. The Morgan fingerprint density at radius 1 is 1.13 bits per heavy atom. The van der Waals surface area contributed by atoms with Gasteiger partial charge in [0, 0.05) is 37.5 Å². The van der Waals surface area contributed by atoms with Gasteiger partial charge in [0.05, 0.1) is 28.6 Å². The summed E-state index contributed by atoms with van der Waals surface area (Å²) in [6.07, 6.45) is 5.33. The maximum Gasteiger partial charge on any atom is 0.266 e. The second kappa shape index (κ2) is 11.7. The Bertz CT molecular complexity index is 1510. The van der Waals surface area contributed by atoms with E-state index in [1.54, 1.807) is 40.4 Å². The van der Waals surface area contributed by atoms with Crippen molar-refractivity contribution >= 4 is 50.3 Å². The Balaban J connectivity index is 1.55. The van der Waals surface area contributed by atoms with Crippen LogP contribution in [0.5, 0.6) is 0 Å². The molecule has 0 saturated carbocycles.